The smallest absolute Gasteiger partial charge is 0.270 e. The number of nitrogens with one attached hydrogen (secondary N) is 1. The van der Waals surface area contributed by atoms with Gasteiger partial charge in [-0.1, -0.05) is 26.7 Å². The number of non-ortho nitro benzene ring substituents is 1. The molecule has 0 saturated heterocycles. The summed E-state index contributed by atoms with van der Waals surface area (Å²) in [5.41, 5.74) is 0.946. The van der Waals surface area contributed by atoms with Crippen molar-refractivity contribution < 1.29 is 9.66 Å². The van der Waals surface area contributed by atoms with Gasteiger partial charge >= 0.3 is 0 Å². The number of unbranched alkanes of at least 4 members (excludes halogenated alkanes) is 2. The first-order valence-electron chi connectivity index (χ1n) is 6.79. The number of nitrogens with zero attached hydrogens (tertiary/aromatic N) is 1. The predicted octanol–water partition coefficient (Wildman–Crippen LogP) is 3.27. The van der Waals surface area contributed by atoms with E-state index in [0.29, 0.717) is 13.2 Å². The van der Waals surface area contributed by atoms with E-state index >= 15 is 0 Å². The average molecular weight is 266 g/mol. The van der Waals surface area contributed by atoms with Crippen LogP contribution in [0.4, 0.5) is 5.69 Å². The van der Waals surface area contributed by atoms with Gasteiger partial charge in [-0.2, -0.15) is 0 Å². The number of rotatable bonds is 9. The van der Waals surface area contributed by atoms with Crippen molar-refractivity contribution in [3.63, 3.8) is 0 Å². The number of hydrogen-bond donors (Lipinski definition) is 1. The van der Waals surface area contributed by atoms with E-state index in [1.165, 1.54) is 6.07 Å². The maximum absolute atomic E-state index is 10.8. The Morgan fingerprint density at radius 3 is 2.74 bits per heavy atom. The summed E-state index contributed by atoms with van der Waals surface area (Å²) in [5, 5.41) is 14.0. The fourth-order valence-corrected chi connectivity index (χ4v) is 1.75. The molecule has 0 amide bonds. The highest BCUT2D eigenvalue weighted by Crippen LogP contribution is 2.24. The second-order valence-corrected chi connectivity index (χ2v) is 4.39. The van der Waals surface area contributed by atoms with Gasteiger partial charge in [0, 0.05) is 24.2 Å². The minimum atomic E-state index is -0.379. The van der Waals surface area contributed by atoms with E-state index < -0.39 is 0 Å². The summed E-state index contributed by atoms with van der Waals surface area (Å²) in [7, 11) is 0. The monoisotopic (exact) mass is 266 g/mol. The van der Waals surface area contributed by atoms with Gasteiger partial charge in [0.25, 0.3) is 5.69 Å². The van der Waals surface area contributed by atoms with E-state index in [2.05, 4.69) is 12.2 Å². The van der Waals surface area contributed by atoms with Crippen molar-refractivity contribution in [3.8, 4) is 5.75 Å². The normalized spacial score (nSPS) is 10.4. The summed E-state index contributed by atoms with van der Waals surface area (Å²) in [5.74, 6) is 0.739. The van der Waals surface area contributed by atoms with Crippen LogP contribution in [0.25, 0.3) is 0 Å². The highest BCUT2D eigenvalue weighted by atomic mass is 16.6. The molecule has 1 N–H and O–H groups in total. The zero-order chi connectivity index (χ0) is 14.1. The molecule has 1 aromatic rings. The van der Waals surface area contributed by atoms with Gasteiger partial charge in [-0.25, -0.2) is 0 Å². The minimum Gasteiger partial charge on any atom is -0.493 e. The molecule has 0 saturated carbocycles. The first-order chi connectivity index (χ1) is 9.19. The molecule has 1 rings (SSSR count). The van der Waals surface area contributed by atoms with Crippen LogP contribution in [0, 0.1) is 10.1 Å². The standard InChI is InChI=1S/C14H22N2O3/c1-3-5-6-9-19-14-8-7-13(16(17)18)10-12(14)11-15-4-2/h7-8,10,15H,3-6,9,11H2,1-2H3. The third kappa shape index (κ3) is 5.26. The van der Waals surface area contributed by atoms with Gasteiger partial charge in [0.2, 0.25) is 0 Å². The molecule has 0 fully saturated rings. The molecule has 0 spiro atoms. The molecule has 0 aliphatic rings. The Morgan fingerprint density at radius 1 is 1.32 bits per heavy atom. The lowest BCUT2D eigenvalue weighted by atomic mass is 10.1. The number of ether oxygens (including phenoxy) is 1. The summed E-state index contributed by atoms with van der Waals surface area (Å²) in [6, 6.07) is 4.76. The van der Waals surface area contributed by atoms with Gasteiger partial charge in [-0.05, 0) is 19.0 Å². The third-order valence-electron chi connectivity index (χ3n) is 2.83. The molecule has 0 aliphatic carbocycles. The maximum atomic E-state index is 10.8. The lowest BCUT2D eigenvalue weighted by molar-refractivity contribution is -0.384. The van der Waals surface area contributed by atoms with Crippen LogP contribution < -0.4 is 10.1 Å². The van der Waals surface area contributed by atoms with Gasteiger partial charge in [0.1, 0.15) is 5.75 Å². The largest absolute Gasteiger partial charge is 0.493 e. The summed E-state index contributed by atoms with van der Waals surface area (Å²) in [6.07, 6.45) is 3.29. The van der Waals surface area contributed by atoms with E-state index in [1.54, 1.807) is 12.1 Å². The first kappa shape index (κ1) is 15.4. The topological polar surface area (TPSA) is 64.4 Å². The van der Waals surface area contributed by atoms with E-state index in [9.17, 15) is 10.1 Å². The average Bonchev–Trinajstić information content (AvgIpc) is 2.41. The molecule has 0 aromatic heterocycles. The molecule has 5 nitrogen and oxygen atoms in total. The summed E-state index contributed by atoms with van der Waals surface area (Å²) < 4.78 is 5.71. The van der Waals surface area contributed by atoms with E-state index in [1.807, 2.05) is 6.92 Å². The summed E-state index contributed by atoms with van der Waals surface area (Å²) in [4.78, 5) is 10.4. The molecule has 106 valence electrons. The summed E-state index contributed by atoms with van der Waals surface area (Å²) in [6.45, 7) is 6.20. The van der Waals surface area contributed by atoms with Crippen LogP contribution in [-0.4, -0.2) is 18.1 Å². The van der Waals surface area contributed by atoms with Crippen LogP contribution in [-0.2, 0) is 6.54 Å². The van der Waals surface area contributed by atoms with Crippen molar-refractivity contribution in [3.05, 3.63) is 33.9 Å². The third-order valence-corrected chi connectivity index (χ3v) is 2.83. The molecule has 0 radical (unpaired) electrons. The highest BCUT2D eigenvalue weighted by Gasteiger charge is 2.11. The zero-order valence-electron chi connectivity index (χ0n) is 11.6. The molecule has 0 unspecified atom stereocenters. The quantitative estimate of drug-likeness (QED) is 0.423. The van der Waals surface area contributed by atoms with Crippen LogP contribution in [0.1, 0.15) is 38.7 Å². The molecule has 1 aromatic carbocycles. The SMILES string of the molecule is CCCCCOc1ccc([N+](=O)[O-])cc1CNCC. The Bertz CT molecular complexity index is 408. The lowest BCUT2D eigenvalue weighted by Crippen LogP contribution is -2.13. The molecular weight excluding hydrogens is 244 g/mol. The fourth-order valence-electron chi connectivity index (χ4n) is 1.75. The summed E-state index contributed by atoms with van der Waals surface area (Å²) >= 11 is 0. The second kappa shape index (κ2) is 8.48. The Balaban J connectivity index is 2.73. The van der Waals surface area contributed by atoms with Gasteiger partial charge in [-0.15, -0.1) is 0 Å². The first-order valence-corrected chi connectivity index (χ1v) is 6.79. The Morgan fingerprint density at radius 2 is 2.11 bits per heavy atom. The predicted molar refractivity (Wildman–Crippen MR) is 75.5 cm³/mol. The van der Waals surface area contributed by atoms with Gasteiger partial charge in [-0.3, -0.25) is 10.1 Å². The van der Waals surface area contributed by atoms with E-state index in [0.717, 1.165) is 37.1 Å². The van der Waals surface area contributed by atoms with E-state index in [4.69, 9.17) is 4.74 Å². The number of hydrogen-bond acceptors (Lipinski definition) is 4. The van der Waals surface area contributed by atoms with Crippen LogP contribution >= 0.6 is 0 Å². The molecule has 0 heterocycles. The lowest BCUT2D eigenvalue weighted by Gasteiger charge is -2.11. The van der Waals surface area contributed by atoms with Gasteiger partial charge in [0.05, 0.1) is 11.5 Å². The highest BCUT2D eigenvalue weighted by molar-refractivity contribution is 5.43. The molecular formula is C14H22N2O3. The van der Waals surface area contributed by atoms with Crippen LogP contribution in [0.3, 0.4) is 0 Å². The van der Waals surface area contributed by atoms with Gasteiger partial charge in [0.15, 0.2) is 0 Å². The second-order valence-electron chi connectivity index (χ2n) is 4.39. The number of nitro benzene ring substituents is 1. The van der Waals surface area contributed by atoms with Crippen molar-refractivity contribution in [2.75, 3.05) is 13.2 Å². The fraction of sp³-hybridized carbons (Fsp3) is 0.571. The Hall–Kier alpha value is -1.62. The molecule has 0 atom stereocenters. The Labute approximate surface area is 114 Å². The molecule has 19 heavy (non-hydrogen) atoms. The van der Waals surface area contributed by atoms with Crippen molar-refractivity contribution in [2.24, 2.45) is 0 Å². The maximum Gasteiger partial charge on any atom is 0.270 e. The van der Waals surface area contributed by atoms with Crippen molar-refractivity contribution in [1.82, 2.24) is 5.32 Å². The van der Waals surface area contributed by atoms with Crippen molar-refractivity contribution in [1.29, 1.82) is 0 Å². The van der Waals surface area contributed by atoms with Gasteiger partial charge < -0.3 is 10.1 Å². The molecule has 0 aliphatic heterocycles. The number of benzene rings is 1. The van der Waals surface area contributed by atoms with Crippen molar-refractivity contribution >= 4 is 5.69 Å². The van der Waals surface area contributed by atoms with Crippen LogP contribution in [0.2, 0.25) is 0 Å². The number of nitro groups is 1. The van der Waals surface area contributed by atoms with E-state index in [-0.39, 0.29) is 10.6 Å². The van der Waals surface area contributed by atoms with Crippen molar-refractivity contribution in [2.45, 2.75) is 39.7 Å². The Kier molecular flexibility index (Phi) is 6.89. The zero-order valence-corrected chi connectivity index (χ0v) is 11.6. The molecule has 0 bridgehead atoms. The minimum absolute atomic E-state index is 0.105. The van der Waals surface area contributed by atoms with Crippen LogP contribution in [0.5, 0.6) is 5.75 Å². The molecule has 5 heteroatoms. The van der Waals surface area contributed by atoms with Crippen LogP contribution in [0.15, 0.2) is 18.2 Å².